The van der Waals surface area contributed by atoms with Crippen LogP contribution in [0.4, 0.5) is 19.3 Å². The van der Waals surface area contributed by atoms with Crippen molar-refractivity contribution in [1.29, 1.82) is 0 Å². The average Bonchev–Trinajstić information content (AvgIpc) is 3.04. The molecular weight excluding hydrogens is 294 g/mol. The number of nitrogens with zero attached hydrogens (tertiary/aromatic N) is 1. The quantitative estimate of drug-likeness (QED) is 0.913. The fraction of sp³-hybridized carbons (Fsp3) is 0.533. The number of likely N-dealkylation sites (tertiary alicyclic amines) is 1. The van der Waals surface area contributed by atoms with Gasteiger partial charge in [0.05, 0.1) is 18.9 Å². The molecule has 2 aliphatic heterocycles. The van der Waals surface area contributed by atoms with E-state index in [2.05, 4.69) is 5.32 Å². The lowest BCUT2D eigenvalue weighted by Gasteiger charge is -2.34. The number of carbonyl (C=O) groups excluding carboxylic acids is 1. The summed E-state index contributed by atoms with van der Waals surface area (Å²) in [6, 6.07) is 2.67. The van der Waals surface area contributed by atoms with Crippen LogP contribution >= 0.6 is 0 Å². The molecule has 2 amide bonds. The molecule has 7 heteroatoms. The zero-order valence-electron chi connectivity index (χ0n) is 12.1. The maximum absolute atomic E-state index is 13.6. The molecule has 1 aromatic rings. The number of anilines is 1. The standard InChI is InChI=1S/C15H18F2N2O3/c16-11-3-4-13(12(17)8-11)18-15(20)19-5-1-2-10(9-19)14-21-6-7-22-14/h3-4,8,10,14H,1-2,5-7,9H2,(H,18,20). The summed E-state index contributed by atoms with van der Waals surface area (Å²) in [5.74, 6) is -1.34. The number of hydrogen-bond donors (Lipinski definition) is 1. The first-order valence-corrected chi connectivity index (χ1v) is 7.37. The monoisotopic (exact) mass is 312 g/mol. The van der Waals surface area contributed by atoms with Gasteiger partial charge >= 0.3 is 6.03 Å². The van der Waals surface area contributed by atoms with Crippen molar-refractivity contribution < 1.29 is 23.0 Å². The van der Waals surface area contributed by atoms with E-state index in [1.807, 2.05) is 0 Å². The van der Waals surface area contributed by atoms with Gasteiger partial charge in [-0.2, -0.15) is 0 Å². The van der Waals surface area contributed by atoms with E-state index in [9.17, 15) is 13.6 Å². The molecule has 0 saturated carbocycles. The van der Waals surface area contributed by atoms with E-state index in [1.165, 1.54) is 6.07 Å². The van der Waals surface area contributed by atoms with E-state index < -0.39 is 17.7 Å². The van der Waals surface area contributed by atoms with Gasteiger partial charge in [-0.15, -0.1) is 0 Å². The third-order valence-corrected chi connectivity index (χ3v) is 3.95. The molecule has 1 N–H and O–H groups in total. The first kappa shape index (κ1) is 15.2. The van der Waals surface area contributed by atoms with Gasteiger partial charge in [0.15, 0.2) is 6.29 Å². The first-order chi connectivity index (χ1) is 10.6. The van der Waals surface area contributed by atoms with Crippen LogP contribution in [0.25, 0.3) is 0 Å². The number of amides is 2. The van der Waals surface area contributed by atoms with E-state index in [4.69, 9.17) is 9.47 Å². The Kier molecular flexibility index (Phi) is 4.54. The Morgan fingerprint density at radius 3 is 2.77 bits per heavy atom. The number of benzene rings is 1. The first-order valence-electron chi connectivity index (χ1n) is 7.37. The average molecular weight is 312 g/mol. The highest BCUT2D eigenvalue weighted by Gasteiger charge is 2.32. The van der Waals surface area contributed by atoms with Gasteiger partial charge in [0, 0.05) is 25.1 Å². The van der Waals surface area contributed by atoms with Crippen molar-refractivity contribution in [3.63, 3.8) is 0 Å². The highest BCUT2D eigenvalue weighted by molar-refractivity contribution is 5.89. The SMILES string of the molecule is O=C(Nc1ccc(F)cc1F)N1CCCC(C2OCCO2)C1. The highest BCUT2D eigenvalue weighted by atomic mass is 19.1. The summed E-state index contributed by atoms with van der Waals surface area (Å²) in [7, 11) is 0. The number of urea groups is 1. The Bertz CT molecular complexity index is 550. The summed E-state index contributed by atoms with van der Waals surface area (Å²) >= 11 is 0. The lowest BCUT2D eigenvalue weighted by Crippen LogP contribution is -2.45. The predicted molar refractivity (Wildman–Crippen MR) is 75.4 cm³/mol. The van der Waals surface area contributed by atoms with Crippen LogP contribution in [0.1, 0.15) is 12.8 Å². The Balaban J connectivity index is 1.61. The Morgan fingerprint density at radius 2 is 2.05 bits per heavy atom. The number of halogens is 2. The molecule has 1 atom stereocenters. The normalized spacial score (nSPS) is 22.8. The van der Waals surface area contributed by atoms with E-state index in [1.54, 1.807) is 4.90 Å². The molecule has 5 nitrogen and oxygen atoms in total. The van der Waals surface area contributed by atoms with Crippen molar-refractivity contribution in [1.82, 2.24) is 4.90 Å². The molecular formula is C15H18F2N2O3. The largest absolute Gasteiger partial charge is 0.350 e. The highest BCUT2D eigenvalue weighted by Crippen LogP contribution is 2.25. The molecule has 22 heavy (non-hydrogen) atoms. The minimum absolute atomic E-state index is 0.0260. The van der Waals surface area contributed by atoms with Gasteiger partial charge in [-0.3, -0.25) is 0 Å². The molecule has 1 aromatic carbocycles. The summed E-state index contributed by atoms with van der Waals surface area (Å²) in [5.41, 5.74) is -0.0260. The van der Waals surface area contributed by atoms with Crippen LogP contribution in [0.5, 0.6) is 0 Å². The minimum atomic E-state index is -0.788. The molecule has 2 heterocycles. The van der Waals surface area contributed by atoms with E-state index in [0.29, 0.717) is 26.3 Å². The molecule has 0 spiro atoms. The lowest BCUT2D eigenvalue weighted by molar-refractivity contribution is -0.0959. The van der Waals surface area contributed by atoms with Gasteiger partial charge in [0.25, 0.3) is 0 Å². The molecule has 0 aromatic heterocycles. The summed E-state index contributed by atoms with van der Waals surface area (Å²) in [6.07, 6.45) is 1.50. The minimum Gasteiger partial charge on any atom is -0.350 e. The maximum Gasteiger partial charge on any atom is 0.321 e. The van der Waals surface area contributed by atoms with Gasteiger partial charge in [-0.1, -0.05) is 0 Å². The van der Waals surface area contributed by atoms with Crippen LogP contribution in [0.3, 0.4) is 0 Å². The van der Waals surface area contributed by atoms with Crippen LogP contribution in [0.15, 0.2) is 18.2 Å². The number of ether oxygens (including phenoxy) is 2. The topological polar surface area (TPSA) is 50.8 Å². The van der Waals surface area contributed by atoms with Gasteiger partial charge in [0.1, 0.15) is 11.6 Å². The third kappa shape index (κ3) is 3.36. The number of rotatable bonds is 2. The van der Waals surface area contributed by atoms with Crippen LogP contribution in [0.2, 0.25) is 0 Å². The van der Waals surface area contributed by atoms with Crippen molar-refractivity contribution >= 4 is 11.7 Å². The number of hydrogen-bond acceptors (Lipinski definition) is 3. The molecule has 0 aliphatic carbocycles. The number of piperidine rings is 1. The van der Waals surface area contributed by atoms with Crippen LogP contribution in [0, 0.1) is 17.6 Å². The fourth-order valence-corrected chi connectivity index (χ4v) is 2.85. The van der Waals surface area contributed by atoms with Crippen LogP contribution < -0.4 is 5.32 Å². The van der Waals surface area contributed by atoms with Crippen molar-refractivity contribution in [2.75, 3.05) is 31.6 Å². The molecule has 0 bridgehead atoms. The Hall–Kier alpha value is -1.73. The zero-order valence-corrected chi connectivity index (χ0v) is 12.1. The van der Waals surface area contributed by atoms with E-state index in [-0.39, 0.29) is 17.9 Å². The lowest BCUT2D eigenvalue weighted by atomic mass is 9.98. The summed E-state index contributed by atoms with van der Waals surface area (Å²) in [6.45, 7) is 2.25. The molecule has 2 saturated heterocycles. The molecule has 120 valence electrons. The predicted octanol–water partition coefficient (Wildman–Crippen LogP) is 2.58. The third-order valence-electron chi connectivity index (χ3n) is 3.95. The second-order valence-electron chi connectivity index (χ2n) is 5.51. The van der Waals surface area contributed by atoms with Gasteiger partial charge in [0.2, 0.25) is 0 Å². The van der Waals surface area contributed by atoms with E-state index in [0.717, 1.165) is 25.0 Å². The summed E-state index contributed by atoms with van der Waals surface area (Å²) in [4.78, 5) is 13.9. The fourth-order valence-electron chi connectivity index (χ4n) is 2.85. The molecule has 1 unspecified atom stereocenters. The molecule has 3 rings (SSSR count). The Labute approximate surface area is 127 Å². The van der Waals surface area contributed by atoms with Crippen molar-refractivity contribution in [2.45, 2.75) is 19.1 Å². The van der Waals surface area contributed by atoms with Crippen LogP contribution in [-0.4, -0.2) is 43.5 Å². The van der Waals surface area contributed by atoms with Gasteiger partial charge in [-0.05, 0) is 25.0 Å². The second-order valence-corrected chi connectivity index (χ2v) is 5.51. The van der Waals surface area contributed by atoms with Crippen molar-refractivity contribution in [3.05, 3.63) is 29.8 Å². The van der Waals surface area contributed by atoms with Gasteiger partial charge < -0.3 is 19.7 Å². The van der Waals surface area contributed by atoms with E-state index >= 15 is 0 Å². The molecule has 2 fully saturated rings. The number of carbonyl (C=O) groups is 1. The smallest absolute Gasteiger partial charge is 0.321 e. The maximum atomic E-state index is 13.6. The molecule has 0 radical (unpaired) electrons. The second kappa shape index (κ2) is 6.58. The van der Waals surface area contributed by atoms with Gasteiger partial charge in [-0.25, -0.2) is 13.6 Å². The Morgan fingerprint density at radius 1 is 1.27 bits per heavy atom. The van der Waals surface area contributed by atoms with Crippen LogP contribution in [-0.2, 0) is 9.47 Å². The molecule has 2 aliphatic rings. The van der Waals surface area contributed by atoms with Crippen molar-refractivity contribution in [2.24, 2.45) is 5.92 Å². The number of nitrogens with one attached hydrogen (secondary N) is 1. The summed E-state index contributed by atoms with van der Waals surface area (Å²) in [5, 5.41) is 2.48. The zero-order chi connectivity index (χ0) is 15.5. The van der Waals surface area contributed by atoms with Crippen molar-refractivity contribution in [3.8, 4) is 0 Å². The summed E-state index contributed by atoms with van der Waals surface area (Å²) < 4.78 is 37.4.